The Bertz CT molecular complexity index is 401. The molecule has 86 valence electrons. The Morgan fingerprint density at radius 2 is 2.19 bits per heavy atom. The average molecular weight is 224 g/mol. The molecular weight excluding hydrogens is 212 g/mol. The number of benzene rings is 1. The number of fused-ring (bicyclic) bond motifs is 1. The van der Waals surface area contributed by atoms with Gasteiger partial charge in [-0.05, 0) is 19.1 Å². The van der Waals surface area contributed by atoms with Crippen molar-refractivity contribution in [3.05, 3.63) is 18.2 Å². The molecule has 2 rings (SSSR count). The van der Waals surface area contributed by atoms with Crippen LogP contribution in [-0.4, -0.2) is 30.4 Å². The van der Waals surface area contributed by atoms with Gasteiger partial charge in [0.2, 0.25) is 5.75 Å². The zero-order valence-electron chi connectivity index (χ0n) is 8.80. The van der Waals surface area contributed by atoms with Gasteiger partial charge in [0.05, 0.1) is 0 Å². The van der Waals surface area contributed by atoms with E-state index < -0.39 is 12.1 Å². The lowest BCUT2D eigenvalue weighted by atomic mass is 10.2. The molecule has 0 radical (unpaired) electrons. The number of aliphatic carboxylic acids is 1. The lowest BCUT2D eigenvalue weighted by Gasteiger charge is -2.21. The number of carboxylic acids is 1. The molecule has 1 N–H and O–H groups in total. The summed E-state index contributed by atoms with van der Waals surface area (Å²) in [7, 11) is 0. The molecule has 0 bridgehead atoms. The zero-order valence-corrected chi connectivity index (χ0v) is 8.80. The summed E-state index contributed by atoms with van der Waals surface area (Å²) in [5.41, 5.74) is 0. The average Bonchev–Trinajstić information content (AvgIpc) is 2.29. The van der Waals surface area contributed by atoms with E-state index in [9.17, 15) is 4.79 Å². The first-order valence-electron chi connectivity index (χ1n) is 4.96. The van der Waals surface area contributed by atoms with E-state index in [1.54, 1.807) is 18.2 Å². The predicted octanol–water partition coefficient (Wildman–Crippen LogP) is 1.31. The van der Waals surface area contributed by atoms with Crippen LogP contribution in [0.4, 0.5) is 0 Å². The van der Waals surface area contributed by atoms with Gasteiger partial charge in [-0.15, -0.1) is 0 Å². The number of rotatable bonds is 3. The van der Waals surface area contributed by atoms with Gasteiger partial charge in [-0.3, -0.25) is 0 Å². The minimum absolute atomic E-state index is 0.395. The van der Waals surface area contributed by atoms with Gasteiger partial charge in [0.1, 0.15) is 13.2 Å². The summed E-state index contributed by atoms with van der Waals surface area (Å²) in [6, 6.07) is 5.15. The van der Waals surface area contributed by atoms with Gasteiger partial charge in [-0.2, -0.15) is 0 Å². The van der Waals surface area contributed by atoms with E-state index in [0.29, 0.717) is 30.5 Å². The first-order chi connectivity index (χ1) is 7.68. The standard InChI is InChI=1S/C11H12O5/c1-7(11(12)13)16-9-4-2-3-8-10(9)15-6-5-14-8/h2-4,7H,5-6H2,1H3,(H,12,13)/t7-/m1/s1. The first kappa shape index (κ1) is 10.6. The molecule has 0 aromatic heterocycles. The van der Waals surface area contributed by atoms with E-state index in [0.717, 1.165) is 0 Å². The van der Waals surface area contributed by atoms with Gasteiger partial charge >= 0.3 is 5.97 Å². The third-order valence-electron chi connectivity index (χ3n) is 2.18. The van der Waals surface area contributed by atoms with E-state index in [-0.39, 0.29) is 0 Å². The zero-order chi connectivity index (χ0) is 11.5. The maximum Gasteiger partial charge on any atom is 0.344 e. The molecule has 0 saturated heterocycles. The lowest BCUT2D eigenvalue weighted by molar-refractivity contribution is -0.144. The minimum atomic E-state index is -1.02. The van der Waals surface area contributed by atoms with E-state index in [2.05, 4.69) is 0 Å². The first-order valence-corrected chi connectivity index (χ1v) is 4.96. The highest BCUT2D eigenvalue weighted by Crippen LogP contribution is 2.39. The van der Waals surface area contributed by atoms with Crippen LogP contribution in [0.15, 0.2) is 18.2 Å². The smallest absolute Gasteiger partial charge is 0.344 e. The van der Waals surface area contributed by atoms with Crippen LogP contribution in [-0.2, 0) is 4.79 Å². The third-order valence-corrected chi connectivity index (χ3v) is 2.18. The summed E-state index contributed by atoms with van der Waals surface area (Å²) >= 11 is 0. The topological polar surface area (TPSA) is 65.0 Å². The molecule has 1 heterocycles. The van der Waals surface area contributed by atoms with E-state index in [1.807, 2.05) is 0 Å². The monoisotopic (exact) mass is 224 g/mol. The van der Waals surface area contributed by atoms with Crippen LogP contribution < -0.4 is 14.2 Å². The number of hydrogen-bond donors (Lipinski definition) is 1. The maximum absolute atomic E-state index is 10.7. The van der Waals surface area contributed by atoms with Crippen molar-refractivity contribution in [1.29, 1.82) is 0 Å². The van der Waals surface area contributed by atoms with Gasteiger partial charge in [0.25, 0.3) is 0 Å². The lowest BCUT2D eigenvalue weighted by Crippen LogP contribution is -2.24. The van der Waals surface area contributed by atoms with Crippen molar-refractivity contribution >= 4 is 5.97 Å². The second-order valence-corrected chi connectivity index (χ2v) is 3.38. The summed E-state index contributed by atoms with van der Waals surface area (Å²) in [5.74, 6) is 0.435. The van der Waals surface area contributed by atoms with Gasteiger partial charge in [-0.1, -0.05) is 6.07 Å². The largest absolute Gasteiger partial charge is 0.486 e. The van der Waals surface area contributed by atoms with E-state index in [4.69, 9.17) is 19.3 Å². The number of para-hydroxylation sites is 1. The summed E-state index contributed by atoms with van der Waals surface area (Å²) < 4.78 is 16.0. The summed E-state index contributed by atoms with van der Waals surface area (Å²) in [4.78, 5) is 10.7. The van der Waals surface area contributed by atoms with Crippen molar-refractivity contribution in [1.82, 2.24) is 0 Å². The van der Waals surface area contributed by atoms with Crippen molar-refractivity contribution in [2.24, 2.45) is 0 Å². The fourth-order valence-electron chi connectivity index (χ4n) is 1.38. The van der Waals surface area contributed by atoms with Gasteiger partial charge in [-0.25, -0.2) is 4.79 Å². The molecule has 0 unspecified atom stereocenters. The fraction of sp³-hybridized carbons (Fsp3) is 0.364. The van der Waals surface area contributed by atoms with Crippen LogP contribution in [0.25, 0.3) is 0 Å². The highest BCUT2D eigenvalue weighted by atomic mass is 16.6. The van der Waals surface area contributed by atoms with Crippen LogP contribution in [0, 0.1) is 0 Å². The molecule has 0 aliphatic carbocycles. The number of carboxylic acid groups (broad SMARTS) is 1. The van der Waals surface area contributed by atoms with Crippen LogP contribution in [0.2, 0.25) is 0 Å². The molecule has 1 aliphatic heterocycles. The molecule has 1 atom stereocenters. The fourth-order valence-corrected chi connectivity index (χ4v) is 1.38. The molecule has 0 fully saturated rings. The highest BCUT2D eigenvalue weighted by Gasteiger charge is 2.20. The molecule has 1 aromatic rings. The Morgan fingerprint density at radius 3 is 2.94 bits per heavy atom. The van der Waals surface area contributed by atoms with Crippen molar-refractivity contribution in [2.45, 2.75) is 13.0 Å². The van der Waals surface area contributed by atoms with Crippen molar-refractivity contribution in [3.63, 3.8) is 0 Å². The van der Waals surface area contributed by atoms with Crippen molar-refractivity contribution < 1.29 is 24.1 Å². The third kappa shape index (κ3) is 2.03. The second kappa shape index (κ2) is 4.30. The minimum Gasteiger partial charge on any atom is -0.486 e. The number of carbonyl (C=O) groups is 1. The van der Waals surface area contributed by atoms with Crippen molar-refractivity contribution in [3.8, 4) is 17.2 Å². The Labute approximate surface area is 92.5 Å². The molecule has 0 spiro atoms. The highest BCUT2D eigenvalue weighted by molar-refractivity contribution is 5.72. The van der Waals surface area contributed by atoms with Gasteiger partial charge in [0.15, 0.2) is 17.6 Å². The van der Waals surface area contributed by atoms with Crippen LogP contribution in [0.3, 0.4) is 0 Å². The molecule has 16 heavy (non-hydrogen) atoms. The Kier molecular flexibility index (Phi) is 2.85. The van der Waals surface area contributed by atoms with Crippen LogP contribution in [0.5, 0.6) is 17.2 Å². The number of ether oxygens (including phenoxy) is 3. The van der Waals surface area contributed by atoms with E-state index in [1.165, 1.54) is 6.92 Å². The molecule has 5 heteroatoms. The second-order valence-electron chi connectivity index (χ2n) is 3.38. The van der Waals surface area contributed by atoms with Gasteiger partial charge < -0.3 is 19.3 Å². The quantitative estimate of drug-likeness (QED) is 0.838. The Hall–Kier alpha value is -1.91. The van der Waals surface area contributed by atoms with Crippen LogP contribution >= 0.6 is 0 Å². The summed E-state index contributed by atoms with van der Waals surface area (Å²) in [6.07, 6.45) is -0.919. The SMILES string of the molecule is C[C@@H](Oc1cccc2c1OCCO2)C(=O)O. The molecule has 1 aromatic carbocycles. The predicted molar refractivity (Wildman–Crippen MR) is 55.2 cm³/mol. The summed E-state index contributed by atoms with van der Waals surface area (Å²) in [6.45, 7) is 2.39. The molecule has 0 saturated carbocycles. The Balaban J connectivity index is 2.24. The Morgan fingerprint density at radius 1 is 1.44 bits per heavy atom. The summed E-state index contributed by atoms with van der Waals surface area (Å²) in [5, 5.41) is 8.75. The number of hydrogen-bond acceptors (Lipinski definition) is 4. The van der Waals surface area contributed by atoms with Crippen LogP contribution in [0.1, 0.15) is 6.92 Å². The normalized spacial score (nSPS) is 15.3. The molecule has 5 nitrogen and oxygen atoms in total. The van der Waals surface area contributed by atoms with Crippen molar-refractivity contribution in [2.75, 3.05) is 13.2 Å². The molecule has 0 amide bonds. The van der Waals surface area contributed by atoms with Gasteiger partial charge in [0, 0.05) is 0 Å². The van der Waals surface area contributed by atoms with E-state index >= 15 is 0 Å². The molecule has 1 aliphatic rings. The molecular formula is C11H12O5. The maximum atomic E-state index is 10.7.